The number of aryl methyl sites for hydroxylation is 1. The average Bonchev–Trinajstić information content (AvgIpc) is 3.15. The van der Waals surface area contributed by atoms with E-state index < -0.39 is 5.97 Å². The molecule has 0 aliphatic heterocycles. The van der Waals surface area contributed by atoms with E-state index in [0.717, 1.165) is 30.0 Å². The van der Waals surface area contributed by atoms with Crippen molar-refractivity contribution in [2.24, 2.45) is 17.8 Å². The molecule has 3 aliphatic rings. The third-order valence-corrected chi connectivity index (χ3v) is 5.39. The van der Waals surface area contributed by atoms with Crippen LogP contribution in [0.2, 0.25) is 0 Å². The molecule has 4 rings (SSSR count). The first kappa shape index (κ1) is 12.8. The lowest BCUT2D eigenvalue weighted by Crippen LogP contribution is -2.23. The van der Waals surface area contributed by atoms with Crippen LogP contribution in [0.25, 0.3) is 5.57 Å². The van der Waals surface area contributed by atoms with Crippen molar-refractivity contribution in [3.8, 4) is 0 Å². The molecular formula is C18H19NO2. The minimum Gasteiger partial charge on any atom is -0.477 e. The Morgan fingerprint density at radius 1 is 1.24 bits per heavy atom. The summed E-state index contributed by atoms with van der Waals surface area (Å²) in [4.78, 5) is 15.4. The highest BCUT2D eigenvalue weighted by Gasteiger charge is 2.38. The van der Waals surface area contributed by atoms with E-state index in [-0.39, 0.29) is 5.69 Å². The highest BCUT2D eigenvalue weighted by molar-refractivity contribution is 5.86. The molecule has 3 aliphatic carbocycles. The molecule has 0 bridgehead atoms. The summed E-state index contributed by atoms with van der Waals surface area (Å²) in [6.45, 7) is 0. The molecule has 3 nitrogen and oxygen atoms in total. The number of carboxylic acids is 1. The zero-order chi connectivity index (χ0) is 14.4. The molecule has 1 aromatic rings. The first-order valence-corrected chi connectivity index (χ1v) is 7.94. The molecule has 108 valence electrons. The van der Waals surface area contributed by atoms with Gasteiger partial charge in [0.1, 0.15) is 5.69 Å². The summed E-state index contributed by atoms with van der Waals surface area (Å²) >= 11 is 0. The van der Waals surface area contributed by atoms with Crippen LogP contribution in [0, 0.1) is 17.8 Å². The number of carboxylic acid groups (broad SMARTS) is 1. The molecule has 1 fully saturated rings. The molecule has 0 radical (unpaired) electrons. The minimum atomic E-state index is -0.945. The van der Waals surface area contributed by atoms with Crippen molar-refractivity contribution in [1.82, 2.24) is 4.98 Å². The summed E-state index contributed by atoms with van der Waals surface area (Å²) in [5.41, 5.74) is 7.00. The molecule has 0 aromatic carbocycles. The summed E-state index contributed by atoms with van der Waals surface area (Å²) in [6, 6.07) is 3.56. The third kappa shape index (κ3) is 2.04. The van der Waals surface area contributed by atoms with E-state index >= 15 is 0 Å². The van der Waals surface area contributed by atoms with E-state index in [1.54, 1.807) is 6.07 Å². The molecular weight excluding hydrogens is 262 g/mol. The van der Waals surface area contributed by atoms with Crippen LogP contribution >= 0.6 is 0 Å². The van der Waals surface area contributed by atoms with Crippen LogP contribution in [0.4, 0.5) is 0 Å². The number of fused-ring (bicyclic) bond motifs is 3. The second-order valence-electron chi connectivity index (χ2n) is 6.49. The van der Waals surface area contributed by atoms with Crippen LogP contribution in [0.1, 0.15) is 53.8 Å². The van der Waals surface area contributed by atoms with Gasteiger partial charge in [-0.3, -0.25) is 0 Å². The fourth-order valence-corrected chi connectivity index (χ4v) is 4.37. The maximum absolute atomic E-state index is 11.0. The predicted molar refractivity (Wildman–Crippen MR) is 79.9 cm³/mol. The Hall–Kier alpha value is -1.86. The van der Waals surface area contributed by atoms with Crippen molar-refractivity contribution in [2.45, 2.75) is 38.5 Å². The van der Waals surface area contributed by atoms with Gasteiger partial charge in [0.05, 0.1) is 0 Å². The Labute approximate surface area is 124 Å². The highest BCUT2D eigenvalue weighted by atomic mass is 16.4. The second-order valence-corrected chi connectivity index (χ2v) is 6.49. The maximum atomic E-state index is 11.0. The van der Waals surface area contributed by atoms with Crippen LogP contribution in [-0.4, -0.2) is 16.1 Å². The maximum Gasteiger partial charge on any atom is 0.354 e. The zero-order valence-electron chi connectivity index (χ0n) is 12.0. The molecule has 1 N–H and O–H groups in total. The van der Waals surface area contributed by atoms with Gasteiger partial charge < -0.3 is 5.11 Å². The van der Waals surface area contributed by atoms with Gasteiger partial charge in [-0.25, -0.2) is 9.78 Å². The number of aromatic nitrogens is 1. The summed E-state index contributed by atoms with van der Waals surface area (Å²) in [5.74, 6) is 1.11. The Morgan fingerprint density at radius 3 is 2.81 bits per heavy atom. The lowest BCUT2D eigenvalue weighted by molar-refractivity contribution is 0.0690. The number of hydrogen-bond donors (Lipinski definition) is 1. The highest BCUT2D eigenvalue weighted by Crippen LogP contribution is 2.48. The lowest BCUT2D eigenvalue weighted by atomic mass is 9.73. The van der Waals surface area contributed by atoms with Crippen molar-refractivity contribution in [3.05, 3.63) is 40.9 Å². The molecule has 1 saturated carbocycles. The lowest BCUT2D eigenvalue weighted by Gasteiger charge is -2.31. The summed E-state index contributed by atoms with van der Waals surface area (Å²) in [5, 5.41) is 9.07. The van der Waals surface area contributed by atoms with E-state index in [0.29, 0.717) is 11.8 Å². The van der Waals surface area contributed by atoms with Gasteiger partial charge in [0.25, 0.3) is 0 Å². The molecule has 3 heteroatoms. The Kier molecular flexibility index (Phi) is 2.97. The number of hydrogen-bond acceptors (Lipinski definition) is 2. The Bertz CT molecular complexity index is 664. The molecule has 0 saturated heterocycles. The molecule has 1 heterocycles. The summed E-state index contributed by atoms with van der Waals surface area (Å²) < 4.78 is 0. The van der Waals surface area contributed by atoms with E-state index in [1.807, 2.05) is 6.07 Å². The van der Waals surface area contributed by atoms with Crippen molar-refractivity contribution in [3.63, 3.8) is 0 Å². The van der Waals surface area contributed by atoms with Gasteiger partial charge in [0, 0.05) is 16.8 Å². The van der Waals surface area contributed by atoms with Gasteiger partial charge in [-0.2, -0.15) is 0 Å². The fourth-order valence-electron chi connectivity index (χ4n) is 4.37. The normalized spacial score (nSPS) is 27.3. The monoisotopic (exact) mass is 281 g/mol. The van der Waals surface area contributed by atoms with Gasteiger partial charge in [0.15, 0.2) is 0 Å². The average molecular weight is 281 g/mol. The number of pyridine rings is 1. The summed E-state index contributed by atoms with van der Waals surface area (Å²) in [6.07, 6.45) is 9.72. The number of rotatable bonds is 2. The van der Waals surface area contributed by atoms with Crippen LogP contribution in [0.5, 0.6) is 0 Å². The van der Waals surface area contributed by atoms with Crippen LogP contribution in [-0.2, 0) is 6.42 Å². The van der Waals surface area contributed by atoms with Gasteiger partial charge in [-0.05, 0) is 61.6 Å². The van der Waals surface area contributed by atoms with E-state index in [9.17, 15) is 4.79 Å². The van der Waals surface area contributed by atoms with E-state index in [2.05, 4.69) is 16.8 Å². The van der Waals surface area contributed by atoms with Crippen molar-refractivity contribution in [2.75, 3.05) is 0 Å². The van der Waals surface area contributed by atoms with Crippen molar-refractivity contribution in [1.29, 1.82) is 0 Å². The first-order valence-electron chi connectivity index (χ1n) is 7.94. The SMILES string of the molecule is O=C(O)c1ccc2c(n1)CCC1C2=C=CC1C1CCCC1. The molecule has 21 heavy (non-hydrogen) atoms. The van der Waals surface area contributed by atoms with Gasteiger partial charge >= 0.3 is 5.97 Å². The molecule has 2 unspecified atom stereocenters. The zero-order valence-corrected chi connectivity index (χ0v) is 12.0. The third-order valence-electron chi connectivity index (χ3n) is 5.39. The standard InChI is InChI=1S/C18H19NO2/c20-18(21)17-10-8-15-14-6-5-12(11-3-1-2-4-11)13(14)7-9-16(15)19-17/h5,8,10-13H,1-4,7,9H2,(H,20,21). The quantitative estimate of drug-likeness (QED) is 0.841. The Morgan fingerprint density at radius 2 is 2.05 bits per heavy atom. The van der Waals surface area contributed by atoms with Crippen LogP contribution in [0.15, 0.2) is 23.9 Å². The number of carbonyl (C=O) groups is 1. The van der Waals surface area contributed by atoms with E-state index in [1.165, 1.54) is 31.3 Å². The smallest absolute Gasteiger partial charge is 0.354 e. The van der Waals surface area contributed by atoms with Gasteiger partial charge in [0.2, 0.25) is 0 Å². The van der Waals surface area contributed by atoms with Crippen molar-refractivity contribution < 1.29 is 9.90 Å². The largest absolute Gasteiger partial charge is 0.477 e. The Balaban J connectivity index is 1.66. The van der Waals surface area contributed by atoms with Gasteiger partial charge in [-0.1, -0.05) is 12.8 Å². The molecule has 0 spiro atoms. The second kappa shape index (κ2) is 4.85. The minimum absolute atomic E-state index is 0.155. The molecule has 1 aromatic heterocycles. The number of nitrogens with zero attached hydrogens (tertiary/aromatic N) is 1. The topological polar surface area (TPSA) is 50.2 Å². The van der Waals surface area contributed by atoms with Gasteiger partial charge in [-0.15, -0.1) is 5.73 Å². The fraction of sp³-hybridized carbons (Fsp3) is 0.500. The predicted octanol–water partition coefficient (Wildman–Crippen LogP) is 3.70. The van der Waals surface area contributed by atoms with E-state index in [4.69, 9.17) is 5.11 Å². The number of allylic oxidation sites excluding steroid dienone is 1. The van der Waals surface area contributed by atoms with Crippen LogP contribution in [0.3, 0.4) is 0 Å². The molecule has 2 atom stereocenters. The summed E-state index contributed by atoms with van der Waals surface area (Å²) in [7, 11) is 0. The number of aromatic carboxylic acids is 1. The molecule has 0 amide bonds. The van der Waals surface area contributed by atoms with Crippen LogP contribution < -0.4 is 0 Å². The van der Waals surface area contributed by atoms with Crippen molar-refractivity contribution >= 4 is 11.5 Å². The first-order chi connectivity index (χ1) is 10.2.